The lowest BCUT2D eigenvalue weighted by Crippen LogP contribution is -2.43. The minimum atomic E-state index is -3.14. The van der Waals surface area contributed by atoms with Gasteiger partial charge in [0.25, 0.3) is 5.85 Å². The summed E-state index contributed by atoms with van der Waals surface area (Å²) < 4.78 is 20.5. The Hall–Kier alpha value is -2.08. The van der Waals surface area contributed by atoms with E-state index < -0.39 is 30.9 Å². The molecule has 0 radical (unpaired) electrons. The molecule has 1 fully saturated rings. The van der Waals surface area contributed by atoms with Crippen LogP contribution in [0.1, 0.15) is 6.23 Å². The molecule has 0 aromatic carbocycles. The van der Waals surface area contributed by atoms with Gasteiger partial charge < -0.3 is 31.5 Å². The molecule has 21 heavy (non-hydrogen) atoms. The van der Waals surface area contributed by atoms with Gasteiger partial charge in [0.1, 0.15) is 17.7 Å². The normalized spacial score (nSPS) is 32.9. The predicted molar refractivity (Wildman–Crippen MR) is 67.2 cm³/mol. The van der Waals surface area contributed by atoms with E-state index >= 15 is 0 Å². The van der Waals surface area contributed by atoms with Crippen LogP contribution in [0, 0.1) is 0 Å². The van der Waals surface area contributed by atoms with Crippen LogP contribution >= 0.6 is 0 Å². The summed E-state index contributed by atoms with van der Waals surface area (Å²) in [7, 11) is 0. The van der Waals surface area contributed by atoms with Crippen LogP contribution in [0.15, 0.2) is 6.33 Å². The number of hydrogen-bond acceptors (Lipinski definition) is 9. The third kappa shape index (κ3) is 1.90. The van der Waals surface area contributed by atoms with E-state index in [0.29, 0.717) is 0 Å². The number of anilines is 2. The van der Waals surface area contributed by atoms with E-state index in [1.165, 1.54) is 0 Å². The molecule has 0 spiro atoms. The number of nitrogens with zero attached hydrogens (tertiary/aromatic N) is 4. The van der Waals surface area contributed by atoms with Crippen LogP contribution in [-0.4, -0.2) is 59.5 Å². The Bertz CT molecular complexity index is 691. The van der Waals surface area contributed by atoms with Crippen molar-refractivity contribution in [2.75, 3.05) is 18.1 Å². The summed E-state index contributed by atoms with van der Waals surface area (Å²) in [6, 6.07) is 0. The van der Waals surface area contributed by atoms with Crippen molar-refractivity contribution < 1.29 is 24.4 Å². The molecule has 0 bridgehead atoms. The molecular weight excluding hydrogens is 287 g/mol. The Morgan fingerprint density at radius 2 is 2.14 bits per heavy atom. The molecule has 4 atom stereocenters. The Labute approximate surface area is 116 Å². The molecule has 3 heterocycles. The second kappa shape index (κ2) is 4.46. The highest BCUT2D eigenvalue weighted by molar-refractivity contribution is 5.82. The molecule has 1 aliphatic rings. The van der Waals surface area contributed by atoms with Gasteiger partial charge in [0.15, 0.2) is 17.7 Å². The fourth-order valence-electron chi connectivity index (χ4n) is 2.27. The number of aliphatic hydroxyl groups is 3. The maximum Gasteiger partial charge on any atom is 0.281 e. The van der Waals surface area contributed by atoms with Crippen LogP contribution < -0.4 is 11.5 Å². The van der Waals surface area contributed by atoms with Crippen molar-refractivity contribution in [1.82, 2.24) is 19.5 Å². The van der Waals surface area contributed by atoms with Gasteiger partial charge in [-0.25, -0.2) is 9.37 Å². The minimum Gasteiger partial charge on any atom is -0.394 e. The Kier molecular flexibility index (Phi) is 2.95. The summed E-state index contributed by atoms with van der Waals surface area (Å²) in [6.45, 7) is -0.671. The fraction of sp³-hybridized carbons (Fsp3) is 0.500. The maximum absolute atomic E-state index is 14.3. The Balaban J connectivity index is 2.13. The smallest absolute Gasteiger partial charge is 0.281 e. The van der Waals surface area contributed by atoms with E-state index in [1.54, 1.807) is 0 Å². The number of hydrogen-bond donors (Lipinski definition) is 5. The first-order valence-electron chi connectivity index (χ1n) is 5.97. The van der Waals surface area contributed by atoms with E-state index in [9.17, 15) is 14.6 Å². The lowest BCUT2D eigenvalue weighted by molar-refractivity contribution is -0.195. The summed E-state index contributed by atoms with van der Waals surface area (Å²) in [4.78, 5) is 11.5. The quantitative estimate of drug-likeness (QED) is 0.417. The molecule has 1 aliphatic heterocycles. The second-order valence-corrected chi connectivity index (χ2v) is 4.67. The van der Waals surface area contributed by atoms with E-state index in [1.807, 2.05) is 0 Å². The van der Waals surface area contributed by atoms with Gasteiger partial charge in [0, 0.05) is 0 Å². The van der Waals surface area contributed by atoms with E-state index in [4.69, 9.17) is 21.3 Å². The molecule has 114 valence electrons. The SMILES string of the molecule is Nc1nc(N)c2ncn([C@@H]3O[C@H](CO)[C@@H](O)[C@@]3(O)F)c2n1. The number of aliphatic hydroxyl groups excluding tert-OH is 2. The molecule has 2 aromatic heterocycles. The van der Waals surface area contributed by atoms with Crippen molar-refractivity contribution in [3.8, 4) is 0 Å². The number of nitrogen functional groups attached to an aromatic ring is 2. The Morgan fingerprint density at radius 1 is 1.43 bits per heavy atom. The average Bonchev–Trinajstić information content (AvgIpc) is 2.91. The van der Waals surface area contributed by atoms with Crippen molar-refractivity contribution in [2.24, 2.45) is 0 Å². The zero-order chi connectivity index (χ0) is 15.4. The monoisotopic (exact) mass is 300 g/mol. The number of ether oxygens (including phenoxy) is 1. The number of nitrogens with two attached hydrogens (primary N) is 2. The zero-order valence-electron chi connectivity index (χ0n) is 10.6. The van der Waals surface area contributed by atoms with Crippen LogP contribution in [0.5, 0.6) is 0 Å². The number of alkyl halides is 1. The van der Waals surface area contributed by atoms with E-state index in [2.05, 4.69) is 15.0 Å². The highest BCUT2D eigenvalue weighted by Gasteiger charge is 2.57. The standard InChI is InChI=1S/C10H13FN6O4/c11-10(20)5(19)3(1-18)21-8(10)17-2-14-4-6(12)15-9(13)16-7(4)17/h2-3,5,8,18-20H,1H2,(H4,12,13,15,16)/t3-,5-,8-,10+/m1/s1. The van der Waals surface area contributed by atoms with Gasteiger partial charge in [-0.05, 0) is 0 Å². The molecule has 0 unspecified atom stereocenters. The molecule has 11 heteroatoms. The van der Waals surface area contributed by atoms with Gasteiger partial charge in [-0.3, -0.25) is 4.57 Å². The minimum absolute atomic E-state index is 0.0177. The van der Waals surface area contributed by atoms with E-state index in [-0.39, 0.29) is 22.9 Å². The topological polar surface area (TPSA) is 166 Å². The summed E-state index contributed by atoms with van der Waals surface area (Å²) in [5.41, 5.74) is 11.3. The molecular formula is C10H13FN6O4. The van der Waals surface area contributed by atoms with Gasteiger partial charge in [-0.15, -0.1) is 0 Å². The molecule has 2 aromatic rings. The molecule has 0 amide bonds. The fourth-order valence-corrected chi connectivity index (χ4v) is 2.27. The highest BCUT2D eigenvalue weighted by Crippen LogP contribution is 2.40. The first kappa shape index (κ1) is 13.9. The van der Waals surface area contributed by atoms with Crippen molar-refractivity contribution in [2.45, 2.75) is 24.3 Å². The summed E-state index contributed by atoms with van der Waals surface area (Å²) >= 11 is 0. The van der Waals surface area contributed by atoms with Crippen LogP contribution in [0.4, 0.5) is 16.2 Å². The van der Waals surface area contributed by atoms with Crippen molar-refractivity contribution in [1.29, 1.82) is 0 Å². The first-order chi connectivity index (χ1) is 9.86. The molecule has 0 aliphatic carbocycles. The van der Waals surface area contributed by atoms with Gasteiger partial charge in [-0.2, -0.15) is 9.97 Å². The molecule has 0 saturated carbocycles. The maximum atomic E-state index is 14.3. The summed E-state index contributed by atoms with van der Waals surface area (Å²) in [5, 5.41) is 28.5. The van der Waals surface area contributed by atoms with Crippen molar-refractivity contribution >= 4 is 22.9 Å². The number of imidazole rings is 1. The molecule has 7 N–H and O–H groups in total. The lowest BCUT2D eigenvalue weighted by Gasteiger charge is -2.23. The zero-order valence-corrected chi connectivity index (χ0v) is 10.6. The van der Waals surface area contributed by atoms with E-state index in [0.717, 1.165) is 10.9 Å². The molecule has 10 nitrogen and oxygen atoms in total. The number of fused-ring (bicyclic) bond motifs is 1. The first-order valence-corrected chi connectivity index (χ1v) is 5.97. The molecule has 3 rings (SSSR count). The van der Waals surface area contributed by atoms with Crippen LogP contribution in [0.2, 0.25) is 0 Å². The lowest BCUT2D eigenvalue weighted by atomic mass is 10.1. The second-order valence-electron chi connectivity index (χ2n) is 4.67. The number of halogens is 1. The average molecular weight is 300 g/mol. The van der Waals surface area contributed by atoms with Gasteiger partial charge >= 0.3 is 0 Å². The van der Waals surface area contributed by atoms with Crippen LogP contribution in [0.3, 0.4) is 0 Å². The number of aromatic nitrogens is 4. The van der Waals surface area contributed by atoms with Crippen LogP contribution in [-0.2, 0) is 4.74 Å². The van der Waals surface area contributed by atoms with Gasteiger partial charge in [0.2, 0.25) is 5.95 Å². The van der Waals surface area contributed by atoms with Crippen molar-refractivity contribution in [3.63, 3.8) is 0 Å². The third-order valence-corrected chi connectivity index (χ3v) is 3.32. The summed E-state index contributed by atoms with van der Waals surface area (Å²) in [5.74, 6) is -3.33. The molecule has 1 saturated heterocycles. The largest absolute Gasteiger partial charge is 0.394 e. The Morgan fingerprint density at radius 3 is 2.76 bits per heavy atom. The van der Waals surface area contributed by atoms with Gasteiger partial charge in [-0.1, -0.05) is 0 Å². The third-order valence-electron chi connectivity index (χ3n) is 3.32. The predicted octanol–water partition coefficient (Wildman–Crippen LogP) is -2.10. The van der Waals surface area contributed by atoms with Crippen LogP contribution in [0.25, 0.3) is 11.2 Å². The van der Waals surface area contributed by atoms with Crippen molar-refractivity contribution in [3.05, 3.63) is 6.33 Å². The van der Waals surface area contributed by atoms with Gasteiger partial charge in [0.05, 0.1) is 12.9 Å². The highest BCUT2D eigenvalue weighted by atomic mass is 19.2. The summed E-state index contributed by atoms with van der Waals surface area (Å²) in [6.07, 6.45) is -3.76. The number of rotatable bonds is 2.